The molecule has 0 saturated carbocycles. The summed E-state index contributed by atoms with van der Waals surface area (Å²) in [6, 6.07) is 15.8. The van der Waals surface area contributed by atoms with Gasteiger partial charge in [0, 0.05) is 17.0 Å². The van der Waals surface area contributed by atoms with Crippen LogP contribution in [-0.2, 0) is 6.54 Å². The molecule has 0 N–H and O–H groups in total. The summed E-state index contributed by atoms with van der Waals surface area (Å²) in [6.07, 6.45) is 2.29. The molecule has 0 aliphatic rings. The minimum atomic E-state index is -0.296. The normalized spacial score (nSPS) is 11.1. The number of rotatable bonds is 6. The predicted molar refractivity (Wildman–Crippen MR) is 111 cm³/mol. The number of aryl methyl sites for hydroxylation is 2. The van der Waals surface area contributed by atoms with E-state index >= 15 is 0 Å². The van der Waals surface area contributed by atoms with Crippen LogP contribution in [0, 0.1) is 12.7 Å². The zero-order valence-electron chi connectivity index (χ0n) is 15.4. The van der Waals surface area contributed by atoms with E-state index in [4.69, 9.17) is 4.74 Å². The second kappa shape index (κ2) is 7.94. The standard InChI is InChI=1S/C22H19FN2O2S/c1-15-19(16-8-10-17(23)11-9-16)20-21(28-15)24-14-25(22(20)26)12-5-13-27-18-6-3-2-4-7-18/h2-4,6-11,14H,5,12-13H2,1H3. The van der Waals surface area contributed by atoms with Crippen LogP contribution in [0.25, 0.3) is 21.3 Å². The molecule has 2 aromatic heterocycles. The number of para-hydroxylation sites is 1. The van der Waals surface area contributed by atoms with E-state index in [1.807, 2.05) is 37.3 Å². The highest BCUT2D eigenvalue weighted by atomic mass is 32.1. The SMILES string of the molecule is Cc1sc2ncn(CCCOc3ccccc3)c(=O)c2c1-c1ccc(F)cc1. The lowest BCUT2D eigenvalue weighted by Gasteiger charge is -2.08. The quantitative estimate of drug-likeness (QED) is 0.430. The van der Waals surface area contributed by atoms with Crippen LogP contribution in [0.4, 0.5) is 4.39 Å². The van der Waals surface area contributed by atoms with Crippen LogP contribution in [0.3, 0.4) is 0 Å². The number of fused-ring (bicyclic) bond motifs is 1. The van der Waals surface area contributed by atoms with E-state index in [0.717, 1.165) is 21.8 Å². The molecule has 4 nitrogen and oxygen atoms in total. The highest BCUT2D eigenvalue weighted by Gasteiger charge is 2.16. The van der Waals surface area contributed by atoms with Gasteiger partial charge in [-0.1, -0.05) is 30.3 Å². The first-order chi connectivity index (χ1) is 13.6. The molecule has 0 fully saturated rings. The molecule has 4 rings (SSSR count). The van der Waals surface area contributed by atoms with Gasteiger partial charge in [-0.05, 0) is 43.2 Å². The molecule has 142 valence electrons. The lowest BCUT2D eigenvalue weighted by atomic mass is 10.0. The van der Waals surface area contributed by atoms with Crippen LogP contribution in [0.1, 0.15) is 11.3 Å². The van der Waals surface area contributed by atoms with Gasteiger partial charge in [-0.3, -0.25) is 9.36 Å². The first kappa shape index (κ1) is 18.4. The van der Waals surface area contributed by atoms with E-state index in [1.54, 1.807) is 23.0 Å². The van der Waals surface area contributed by atoms with Gasteiger partial charge in [-0.2, -0.15) is 0 Å². The molecule has 0 bridgehead atoms. The Morgan fingerprint density at radius 3 is 2.61 bits per heavy atom. The van der Waals surface area contributed by atoms with Crippen molar-refractivity contribution < 1.29 is 9.13 Å². The largest absolute Gasteiger partial charge is 0.494 e. The third kappa shape index (κ3) is 3.68. The van der Waals surface area contributed by atoms with Gasteiger partial charge in [0.1, 0.15) is 16.4 Å². The average molecular weight is 394 g/mol. The molecule has 2 aromatic carbocycles. The molecule has 0 amide bonds. The van der Waals surface area contributed by atoms with Gasteiger partial charge in [0.25, 0.3) is 5.56 Å². The Balaban J connectivity index is 1.58. The molecule has 2 heterocycles. The Kier molecular flexibility index (Phi) is 5.21. The number of halogens is 1. The van der Waals surface area contributed by atoms with E-state index in [9.17, 15) is 9.18 Å². The number of benzene rings is 2. The van der Waals surface area contributed by atoms with Crippen LogP contribution in [0.15, 0.2) is 65.7 Å². The molecule has 4 aromatic rings. The van der Waals surface area contributed by atoms with Crippen LogP contribution in [-0.4, -0.2) is 16.2 Å². The lowest BCUT2D eigenvalue weighted by molar-refractivity contribution is 0.301. The van der Waals surface area contributed by atoms with Gasteiger partial charge < -0.3 is 4.74 Å². The maximum atomic E-state index is 13.3. The Hall–Kier alpha value is -2.99. The topological polar surface area (TPSA) is 44.1 Å². The number of thiophene rings is 1. The monoisotopic (exact) mass is 394 g/mol. The van der Waals surface area contributed by atoms with Crippen molar-refractivity contribution in [3.05, 3.63) is 82.0 Å². The average Bonchev–Trinajstić information content (AvgIpc) is 3.05. The van der Waals surface area contributed by atoms with Crippen molar-refractivity contribution in [2.75, 3.05) is 6.61 Å². The second-order valence-corrected chi connectivity index (χ2v) is 7.68. The van der Waals surface area contributed by atoms with Crippen molar-refractivity contribution in [2.24, 2.45) is 0 Å². The lowest BCUT2D eigenvalue weighted by Crippen LogP contribution is -2.21. The van der Waals surface area contributed by atoms with Crippen molar-refractivity contribution in [3.8, 4) is 16.9 Å². The third-order valence-corrected chi connectivity index (χ3v) is 5.56. The summed E-state index contributed by atoms with van der Waals surface area (Å²) >= 11 is 1.48. The second-order valence-electron chi connectivity index (χ2n) is 6.48. The van der Waals surface area contributed by atoms with Crippen molar-refractivity contribution in [1.82, 2.24) is 9.55 Å². The van der Waals surface area contributed by atoms with Crippen LogP contribution < -0.4 is 10.3 Å². The van der Waals surface area contributed by atoms with Gasteiger partial charge in [0.05, 0.1) is 18.3 Å². The summed E-state index contributed by atoms with van der Waals surface area (Å²) in [5.41, 5.74) is 1.59. The van der Waals surface area contributed by atoms with Gasteiger partial charge in [0.2, 0.25) is 0 Å². The molecule has 6 heteroatoms. The minimum Gasteiger partial charge on any atom is -0.494 e. The zero-order chi connectivity index (χ0) is 19.5. The maximum absolute atomic E-state index is 13.3. The molecular formula is C22H19FN2O2S. The molecular weight excluding hydrogens is 375 g/mol. The fourth-order valence-corrected chi connectivity index (χ4v) is 4.21. The maximum Gasteiger partial charge on any atom is 0.262 e. The third-order valence-electron chi connectivity index (χ3n) is 4.54. The van der Waals surface area contributed by atoms with E-state index in [-0.39, 0.29) is 11.4 Å². The fourth-order valence-electron chi connectivity index (χ4n) is 3.20. The Labute approximate surface area is 165 Å². The molecule has 0 aliphatic carbocycles. The van der Waals surface area contributed by atoms with E-state index in [2.05, 4.69) is 4.98 Å². The smallest absolute Gasteiger partial charge is 0.262 e. The van der Waals surface area contributed by atoms with Crippen LogP contribution >= 0.6 is 11.3 Å². The van der Waals surface area contributed by atoms with Gasteiger partial charge in [-0.15, -0.1) is 11.3 Å². The van der Waals surface area contributed by atoms with Gasteiger partial charge in [-0.25, -0.2) is 9.37 Å². The highest BCUT2D eigenvalue weighted by molar-refractivity contribution is 7.19. The molecule has 0 aliphatic heterocycles. The van der Waals surface area contributed by atoms with Crippen LogP contribution in [0.2, 0.25) is 0 Å². The zero-order valence-corrected chi connectivity index (χ0v) is 16.2. The summed E-state index contributed by atoms with van der Waals surface area (Å²) in [5.74, 6) is 0.519. The fraction of sp³-hybridized carbons (Fsp3) is 0.182. The first-order valence-corrected chi connectivity index (χ1v) is 9.87. The van der Waals surface area contributed by atoms with Crippen molar-refractivity contribution in [3.63, 3.8) is 0 Å². The molecule has 0 saturated heterocycles. The minimum absolute atomic E-state index is 0.0756. The molecule has 0 unspecified atom stereocenters. The molecule has 0 spiro atoms. The number of nitrogens with zero attached hydrogens (tertiary/aromatic N) is 2. The Morgan fingerprint density at radius 2 is 1.86 bits per heavy atom. The molecule has 0 atom stereocenters. The van der Waals surface area contributed by atoms with E-state index < -0.39 is 0 Å². The molecule has 28 heavy (non-hydrogen) atoms. The van der Waals surface area contributed by atoms with Crippen molar-refractivity contribution in [2.45, 2.75) is 19.9 Å². The van der Waals surface area contributed by atoms with Gasteiger partial charge in [0.15, 0.2) is 0 Å². The van der Waals surface area contributed by atoms with Crippen LogP contribution in [0.5, 0.6) is 5.75 Å². The predicted octanol–water partition coefficient (Wildman–Crippen LogP) is 5.04. The van der Waals surface area contributed by atoms with Crippen molar-refractivity contribution in [1.29, 1.82) is 0 Å². The summed E-state index contributed by atoms with van der Waals surface area (Å²) < 4.78 is 20.6. The first-order valence-electron chi connectivity index (χ1n) is 9.06. The summed E-state index contributed by atoms with van der Waals surface area (Å²) in [7, 11) is 0. The number of hydrogen-bond acceptors (Lipinski definition) is 4. The molecule has 0 radical (unpaired) electrons. The summed E-state index contributed by atoms with van der Waals surface area (Å²) in [4.78, 5) is 19.3. The number of ether oxygens (including phenoxy) is 1. The Bertz CT molecular complexity index is 1150. The van der Waals surface area contributed by atoms with E-state index in [0.29, 0.717) is 29.8 Å². The number of aromatic nitrogens is 2. The summed E-state index contributed by atoms with van der Waals surface area (Å²) in [6.45, 7) is 3.00. The number of hydrogen-bond donors (Lipinski definition) is 0. The van der Waals surface area contributed by atoms with Gasteiger partial charge >= 0.3 is 0 Å². The summed E-state index contributed by atoms with van der Waals surface area (Å²) in [5, 5.41) is 0.598. The van der Waals surface area contributed by atoms with Crippen molar-refractivity contribution >= 4 is 21.6 Å². The van der Waals surface area contributed by atoms with E-state index in [1.165, 1.54) is 23.5 Å². The highest BCUT2D eigenvalue weighted by Crippen LogP contribution is 2.35. The Morgan fingerprint density at radius 1 is 1.11 bits per heavy atom.